The van der Waals surface area contributed by atoms with Gasteiger partial charge in [-0.25, -0.2) is 4.79 Å². The minimum atomic E-state index is -0.650. The summed E-state index contributed by atoms with van der Waals surface area (Å²) in [4.78, 5) is 39.1. The van der Waals surface area contributed by atoms with Gasteiger partial charge in [0.2, 0.25) is 5.89 Å². The zero-order valence-electron chi connectivity index (χ0n) is 17.0. The molecule has 31 heavy (non-hydrogen) atoms. The normalized spacial score (nSPS) is 12.8. The first-order valence-corrected chi connectivity index (χ1v) is 9.65. The maximum absolute atomic E-state index is 12.7. The van der Waals surface area contributed by atoms with E-state index in [0.717, 1.165) is 4.90 Å². The van der Waals surface area contributed by atoms with E-state index < -0.39 is 5.97 Å². The molecule has 0 radical (unpaired) electrons. The van der Waals surface area contributed by atoms with Crippen molar-refractivity contribution in [3.8, 4) is 5.75 Å². The van der Waals surface area contributed by atoms with Crippen molar-refractivity contribution in [1.29, 1.82) is 0 Å². The summed E-state index contributed by atoms with van der Waals surface area (Å²) in [5, 5.41) is 7.47. The largest absolute Gasteiger partial charge is 0.493 e. The Morgan fingerprint density at radius 3 is 2.39 bits per heavy atom. The van der Waals surface area contributed by atoms with Gasteiger partial charge in [-0.3, -0.25) is 14.5 Å². The maximum Gasteiger partial charge on any atom is 0.342 e. The molecule has 1 aliphatic rings. The Kier molecular flexibility index (Phi) is 5.48. The molecule has 2 amide bonds. The molecule has 3 aromatic rings. The van der Waals surface area contributed by atoms with E-state index in [0.29, 0.717) is 34.9 Å². The van der Waals surface area contributed by atoms with Gasteiger partial charge in [0, 0.05) is 6.92 Å². The van der Waals surface area contributed by atoms with Crippen LogP contribution >= 0.6 is 0 Å². The molecule has 158 valence electrons. The number of nitrogens with zero attached hydrogens (tertiary/aromatic N) is 3. The predicted octanol–water partition coefficient (Wildman–Crippen LogP) is 2.93. The number of amides is 2. The number of hydrogen-bond donors (Lipinski definition) is 0. The lowest BCUT2D eigenvalue weighted by atomic mass is 10.1. The van der Waals surface area contributed by atoms with Gasteiger partial charge in [-0.1, -0.05) is 18.2 Å². The fraction of sp³-hybridized carbons (Fsp3) is 0.227. The molecule has 1 aliphatic heterocycles. The fourth-order valence-electron chi connectivity index (χ4n) is 3.28. The number of rotatable bonds is 7. The second kappa shape index (κ2) is 8.39. The summed E-state index contributed by atoms with van der Waals surface area (Å²) in [7, 11) is 0. The Bertz CT molecular complexity index is 1130. The number of benzene rings is 2. The molecule has 0 bridgehead atoms. The first kappa shape index (κ1) is 20.3. The summed E-state index contributed by atoms with van der Waals surface area (Å²) >= 11 is 0. The lowest BCUT2D eigenvalue weighted by molar-refractivity contribution is 0.0432. The zero-order valence-corrected chi connectivity index (χ0v) is 17.0. The molecule has 4 rings (SSSR count). The molecule has 0 saturated carbocycles. The third kappa shape index (κ3) is 4.02. The average Bonchev–Trinajstić information content (AvgIpc) is 3.30. The standard InChI is InChI=1S/C22H19N3O6/c1-3-29-18-9-8-14(10-17(18)22(28)30-12-19-24-23-13(2)31-19)11-25-20(26)15-6-4-5-7-16(15)21(25)27/h4-10H,3,11-12H2,1-2H3. The Morgan fingerprint density at radius 1 is 1.06 bits per heavy atom. The summed E-state index contributed by atoms with van der Waals surface area (Å²) in [5.41, 5.74) is 1.49. The van der Waals surface area contributed by atoms with Crippen molar-refractivity contribution in [3.63, 3.8) is 0 Å². The molecule has 0 spiro atoms. The average molecular weight is 421 g/mol. The molecule has 9 heteroatoms. The van der Waals surface area contributed by atoms with Crippen molar-refractivity contribution in [2.75, 3.05) is 6.61 Å². The van der Waals surface area contributed by atoms with Crippen molar-refractivity contribution >= 4 is 17.8 Å². The van der Waals surface area contributed by atoms with Gasteiger partial charge in [-0.05, 0) is 36.8 Å². The highest BCUT2D eigenvalue weighted by molar-refractivity contribution is 6.21. The van der Waals surface area contributed by atoms with E-state index in [2.05, 4.69) is 10.2 Å². The minimum Gasteiger partial charge on any atom is -0.493 e. The number of hydrogen-bond acceptors (Lipinski definition) is 8. The molecule has 0 aliphatic carbocycles. The van der Waals surface area contributed by atoms with Crippen molar-refractivity contribution in [1.82, 2.24) is 15.1 Å². The number of esters is 1. The summed E-state index contributed by atoms with van der Waals surface area (Å²) in [6.45, 7) is 3.61. The van der Waals surface area contributed by atoms with Crippen molar-refractivity contribution in [2.45, 2.75) is 27.0 Å². The van der Waals surface area contributed by atoms with Gasteiger partial charge in [0.25, 0.3) is 17.7 Å². The SMILES string of the molecule is CCOc1ccc(CN2C(=O)c3ccccc3C2=O)cc1C(=O)OCc1nnc(C)o1. The summed E-state index contributed by atoms with van der Waals surface area (Å²) < 4.78 is 16.0. The van der Waals surface area contributed by atoms with Crippen LogP contribution < -0.4 is 4.74 Å². The highest BCUT2D eigenvalue weighted by Crippen LogP contribution is 2.27. The molecular weight excluding hydrogens is 402 g/mol. The first-order chi connectivity index (χ1) is 15.0. The van der Waals surface area contributed by atoms with Crippen LogP contribution in [0.5, 0.6) is 5.75 Å². The second-order valence-corrected chi connectivity index (χ2v) is 6.80. The molecule has 9 nitrogen and oxygen atoms in total. The Labute approximate surface area is 177 Å². The van der Waals surface area contributed by atoms with E-state index in [1.807, 2.05) is 0 Å². The van der Waals surface area contributed by atoms with E-state index in [4.69, 9.17) is 13.9 Å². The third-order valence-electron chi connectivity index (χ3n) is 4.68. The Balaban J connectivity index is 1.55. The van der Waals surface area contributed by atoms with Crippen LogP contribution in [-0.4, -0.2) is 39.5 Å². The topological polar surface area (TPSA) is 112 Å². The van der Waals surface area contributed by atoms with Crippen LogP contribution in [0, 0.1) is 6.92 Å². The van der Waals surface area contributed by atoms with Crippen LogP contribution in [0.4, 0.5) is 0 Å². The van der Waals surface area contributed by atoms with Gasteiger partial charge < -0.3 is 13.9 Å². The van der Waals surface area contributed by atoms with Crippen LogP contribution in [-0.2, 0) is 17.9 Å². The molecule has 0 N–H and O–H groups in total. The van der Waals surface area contributed by atoms with Crippen LogP contribution in [0.3, 0.4) is 0 Å². The monoisotopic (exact) mass is 421 g/mol. The van der Waals surface area contributed by atoms with Gasteiger partial charge in [0.05, 0.1) is 24.3 Å². The summed E-state index contributed by atoms with van der Waals surface area (Å²) in [5.74, 6) is -0.519. The van der Waals surface area contributed by atoms with Crippen LogP contribution in [0.1, 0.15) is 55.3 Å². The van der Waals surface area contributed by atoms with Crippen LogP contribution in [0.2, 0.25) is 0 Å². The lowest BCUT2D eigenvalue weighted by Crippen LogP contribution is -2.29. The Hall–Kier alpha value is -4.01. The number of ether oxygens (including phenoxy) is 2. The summed E-state index contributed by atoms with van der Waals surface area (Å²) in [6, 6.07) is 11.5. The van der Waals surface area contributed by atoms with Gasteiger partial charge in [0.1, 0.15) is 11.3 Å². The van der Waals surface area contributed by atoms with Gasteiger partial charge >= 0.3 is 5.97 Å². The molecule has 2 aromatic carbocycles. The predicted molar refractivity (Wildman–Crippen MR) is 106 cm³/mol. The van der Waals surface area contributed by atoms with E-state index in [1.165, 1.54) is 0 Å². The van der Waals surface area contributed by atoms with Gasteiger partial charge in [-0.15, -0.1) is 10.2 Å². The van der Waals surface area contributed by atoms with Crippen LogP contribution in [0.25, 0.3) is 0 Å². The smallest absolute Gasteiger partial charge is 0.342 e. The molecular formula is C22H19N3O6. The van der Waals surface area contributed by atoms with E-state index >= 15 is 0 Å². The quantitative estimate of drug-likeness (QED) is 0.423. The number of imide groups is 1. The highest BCUT2D eigenvalue weighted by atomic mass is 16.5. The molecule has 0 unspecified atom stereocenters. The number of aromatic nitrogens is 2. The third-order valence-corrected chi connectivity index (χ3v) is 4.68. The molecule has 0 fully saturated rings. The number of carbonyl (C=O) groups excluding carboxylic acids is 3. The first-order valence-electron chi connectivity index (χ1n) is 9.65. The zero-order chi connectivity index (χ0) is 22.0. The molecule has 0 saturated heterocycles. The molecule has 0 atom stereocenters. The summed E-state index contributed by atoms with van der Waals surface area (Å²) in [6.07, 6.45) is 0. The molecule has 1 aromatic heterocycles. The lowest BCUT2D eigenvalue weighted by Gasteiger charge is -2.16. The van der Waals surface area contributed by atoms with E-state index in [9.17, 15) is 14.4 Å². The van der Waals surface area contributed by atoms with E-state index in [1.54, 1.807) is 56.3 Å². The fourth-order valence-corrected chi connectivity index (χ4v) is 3.28. The Morgan fingerprint density at radius 2 is 1.77 bits per heavy atom. The maximum atomic E-state index is 12.7. The second-order valence-electron chi connectivity index (χ2n) is 6.80. The highest BCUT2D eigenvalue weighted by Gasteiger charge is 2.35. The number of fused-ring (bicyclic) bond motifs is 1. The van der Waals surface area contributed by atoms with Crippen molar-refractivity contribution in [3.05, 3.63) is 76.5 Å². The molecule has 2 heterocycles. The van der Waals surface area contributed by atoms with Gasteiger partial charge in [0.15, 0.2) is 6.61 Å². The number of carbonyl (C=O) groups is 3. The number of aryl methyl sites for hydroxylation is 1. The minimum absolute atomic E-state index is 0.0158. The van der Waals surface area contributed by atoms with Crippen molar-refractivity contribution < 1.29 is 28.3 Å². The van der Waals surface area contributed by atoms with Crippen LogP contribution in [0.15, 0.2) is 46.9 Å². The van der Waals surface area contributed by atoms with E-state index in [-0.39, 0.29) is 36.4 Å². The van der Waals surface area contributed by atoms with Gasteiger partial charge in [-0.2, -0.15) is 0 Å². The van der Waals surface area contributed by atoms with Crippen molar-refractivity contribution in [2.24, 2.45) is 0 Å².